The van der Waals surface area contributed by atoms with E-state index < -0.39 is 11.1 Å². The third-order valence-electron chi connectivity index (χ3n) is 4.45. The molecule has 0 fully saturated rings. The summed E-state index contributed by atoms with van der Waals surface area (Å²) in [5, 5.41) is 10.7. The third-order valence-corrected chi connectivity index (χ3v) is 5.81. The fourth-order valence-electron chi connectivity index (χ4n) is 2.96. The highest BCUT2D eigenvalue weighted by Crippen LogP contribution is 2.43. The lowest BCUT2D eigenvalue weighted by Gasteiger charge is -2.39. The molecule has 3 rings (SSSR count). The second kappa shape index (κ2) is 6.38. The number of rotatable bonds is 3. The van der Waals surface area contributed by atoms with E-state index in [0.29, 0.717) is 22.7 Å². The molecule has 132 valence electrons. The monoisotopic (exact) mass is 360 g/mol. The standard InChI is InChI=1S/C18H21FN4OS/c1-17(2,24)15-7-18(3,23-16(20)25-15)12-4-5-14(19)13(6-12)11-8-21-10-22-9-11/h4-6,8-10,15,24H,7H2,1-3H3,(H2,20,23)/t15-,18-/m0/s1. The molecule has 2 aromatic rings. The van der Waals surface area contributed by atoms with Gasteiger partial charge >= 0.3 is 0 Å². The maximum atomic E-state index is 14.3. The molecule has 1 aromatic carbocycles. The van der Waals surface area contributed by atoms with Gasteiger partial charge in [0.05, 0.1) is 11.1 Å². The number of nitrogens with zero attached hydrogens (tertiary/aromatic N) is 3. The van der Waals surface area contributed by atoms with Gasteiger partial charge < -0.3 is 10.8 Å². The molecule has 7 heteroatoms. The van der Waals surface area contributed by atoms with Gasteiger partial charge in [-0.15, -0.1) is 0 Å². The van der Waals surface area contributed by atoms with Crippen molar-refractivity contribution in [3.8, 4) is 11.1 Å². The molecule has 1 aliphatic rings. The van der Waals surface area contributed by atoms with Crippen LogP contribution in [0.3, 0.4) is 0 Å². The lowest BCUT2D eigenvalue weighted by atomic mass is 9.83. The number of thioether (sulfide) groups is 1. The Balaban J connectivity index is 2.05. The molecule has 0 spiro atoms. The van der Waals surface area contributed by atoms with Crippen molar-refractivity contribution in [2.24, 2.45) is 10.7 Å². The van der Waals surface area contributed by atoms with Crippen molar-refractivity contribution in [2.75, 3.05) is 0 Å². The van der Waals surface area contributed by atoms with Gasteiger partial charge in [-0.1, -0.05) is 17.8 Å². The van der Waals surface area contributed by atoms with E-state index in [2.05, 4.69) is 15.0 Å². The molecule has 1 aromatic heterocycles. The van der Waals surface area contributed by atoms with Crippen LogP contribution in [0.1, 0.15) is 32.8 Å². The summed E-state index contributed by atoms with van der Waals surface area (Å²) in [4.78, 5) is 12.5. The number of aliphatic imine (C=N–C) groups is 1. The Hall–Kier alpha value is -1.99. The van der Waals surface area contributed by atoms with Crippen LogP contribution in [-0.2, 0) is 5.54 Å². The summed E-state index contributed by atoms with van der Waals surface area (Å²) in [5.41, 5.74) is 6.34. The molecular formula is C18H21FN4OS. The van der Waals surface area contributed by atoms with E-state index >= 15 is 0 Å². The van der Waals surface area contributed by atoms with Gasteiger partial charge in [-0.2, -0.15) is 0 Å². The van der Waals surface area contributed by atoms with Crippen LogP contribution in [-0.4, -0.2) is 31.1 Å². The molecule has 5 nitrogen and oxygen atoms in total. The predicted molar refractivity (Wildman–Crippen MR) is 98.7 cm³/mol. The molecule has 0 aliphatic carbocycles. The Labute approximate surface area is 150 Å². The Kier molecular flexibility index (Phi) is 4.55. The highest BCUT2D eigenvalue weighted by atomic mass is 32.2. The van der Waals surface area contributed by atoms with Crippen molar-refractivity contribution >= 4 is 16.9 Å². The molecule has 0 radical (unpaired) electrons. The first-order valence-corrected chi connectivity index (χ1v) is 8.87. The zero-order chi connectivity index (χ0) is 18.2. The van der Waals surface area contributed by atoms with Gasteiger partial charge in [0.1, 0.15) is 12.1 Å². The molecule has 0 saturated heterocycles. The van der Waals surface area contributed by atoms with Crippen LogP contribution in [0.2, 0.25) is 0 Å². The van der Waals surface area contributed by atoms with Crippen LogP contribution in [0.4, 0.5) is 4.39 Å². The van der Waals surface area contributed by atoms with E-state index in [9.17, 15) is 9.50 Å². The lowest BCUT2D eigenvalue weighted by molar-refractivity contribution is 0.0686. The normalized spacial score (nSPS) is 24.0. The Morgan fingerprint density at radius 1 is 1.32 bits per heavy atom. The van der Waals surface area contributed by atoms with Crippen LogP contribution in [0.15, 0.2) is 41.9 Å². The summed E-state index contributed by atoms with van der Waals surface area (Å²) in [5.74, 6) is -0.344. The number of benzene rings is 1. The molecule has 3 N–H and O–H groups in total. The Morgan fingerprint density at radius 2 is 2.00 bits per heavy atom. The van der Waals surface area contributed by atoms with Gasteiger partial charge in [0.2, 0.25) is 0 Å². The fourth-order valence-corrected chi connectivity index (χ4v) is 4.20. The second-order valence-electron chi connectivity index (χ2n) is 7.01. The van der Waals surface area contributed by atoms with Gasteiger partial charge in [-0.05, 0) is 44.9 Å². The summed E-state index contributed by atoms with van der Waals surface area (Å²) in [7, 11) is 0. The van der Waals surface area contributed by atoms with Gasteiger partial charge in [-0.25, -0.2) is 14.4 Å². The van der Waals surface area contributed by atoms with Crippen LogP contribution < -0.4 is 5.73 Å². The van der Waals surface area contributed by atoms with E-state index in [4.69, 9.17) is 5.73 Å². The zero-order valence-electron chi connectivity index (χ0n) is 14.4. The van der Waals surface area contributed by atoms with Crippen LogP contribution >= 0.6 is 11.8 Å². The molecule has 2 atom stereocenters. The van der Waals surface area contributed by atoms with Gasteiger partial charge in [0, 0.05) is 28.8 Å². The van der Waals surface area contributed by atoms with Crippen molar-refractivity contribution in [1.29, 1.82) is 0 Å². The molecular weight excluding hydrogens is 339 g/mol. The summed E-state index contributed by atoms with van der Waals surface area (Å²) < 4.78 is 14.3. The van der Waals surface area contributed by atoms with Crippen LogP contribution in [0.5, 0.6) is 0 Å². The zero-order valence-corrected chi connectivity index (χ0v) is 15.2. The van der Waals surface area contributed by atoms with Crippen molar-refractivity contribution in [1.82, 2.24) is 9.97 Å². The smallest absolute Gasteiger partial charge is 0.155 e. The molecule has 0 bridgehead atoms. The van der Waals surface area contributed by atoms with E-state index in [1.54, 1.807) is 38.4 Å². The summed E-state index contributed by atoms with van der Waals surface area (Å²) in [6, 6.07) is 4.91. The van der Waals surface area contributed by atoms with Crippen molar-refractivity contribution < 1.29 is 9.50 Å². The first-order valence-electron chi connectivity index (χ1n) is 7.99. The highest BCUT2D eigenvalue weighted by Gasteiger charge is 2.41. The summed E-state index contributed by atoms with van der Waals surface area (Å²) >= 11 is 1.38. The molecule has 25 heavy (non-hydrogen) atoms. The molecule has 0 saturated carbocycles. The van der Waals surface area contributed by atoms with E-state index in [1.165, 1.54) is 24.2 Å². The minimum Gasteiger partial charge on any atom is -0.389 e. The van der Waals surface area contributed by atoms with Gasteiger partial charge in [-0.3, -0.25) is 4.99 Å². The summed E-state index contributed by atoms with van der Waals surface area (Å²) in [6.07, 6.45) is 5.15. The van der Waals surface area contributed by atoms with Crippen LogP contribution in [0.25, 0.3) is 11.1 Å². The average molecular weight is 360 g/mol. The maximum absolute atomic E-state index is 14.3. The number of hydrogen-bond acceptors (Lipinski definition) is 6. The van der Waals surface area contributed by atoms with Crippen molar-refractivity contribution in [3.05, 3.63) is 48.3 Å². The minimum atomic E-state index is -0.900. The largest absolute Gasteiger partial charge is 0.389 e. The Morgan fingerprint density at radius 3 is 2.64 bits per heavy atom. The van der Waals surface area contributed by atoms with Crippen molar-refractivity contribution in [3.63, 3.8) is 0 Å². The molecule has 0 unspecified atom stereocenters. The first-order chi connectivity index (χ1) is 11.7. The first kappa shape index (κ1) is 17.8. The average Bonchev–Trinajstić information content (AvgIpc) is 2.54. The third kappa shape index (κ3) is 3.67. The van der Waals surface area contributed by atoms with Gasteiger partial charge in [0.15, 0.2) is 5.17 Å². The number of amidine groups is 1. The van der Waals surface area contributed by atoms with E-state index in [1.807, 2.05) is 6.92 Å². The van der Waals surface area contributed by atoms with Crippen LogP contribution in [0, 0.1) is 5.82 Å². The number of nitrogens with two attached hydrogens (primary N) is 1. The quantitative estimate of drug-likeness (QED) is 0.879. The molecule has 0 amide bonds. The Bertz CT molecular complexity index is 806. The number of aliphatic hydroxyl groups is 1. The van der Waals surface area contributed by atoms with E-state index in [0.717, 1.165) is 5.56 Å². The van der Waals surface area contributed by atoms with Crippen molar-refractivity contribution in [2.45, 2.75) is 43.6 Å². The number of aromatic nitrogens is 2. The fraction of sp³-hybridized carbons (Fsp3) is 0.389. The predicted octanol–water partition coefficient (Wildman–Crippen LogP) is 3.09. The minimum absolute atomic E-state index is 0.108. The topological polar surface area (TPSA) is 84.4 Å². The maximum Gasteiger partial charge on any atom is 0.155 e. The van der Waals surface area contributed by atoms with E-state index in [-0.39, 0.29) is 11.1 Å². The number of halogens is 1. The second-order valence-corrected chi connectivity index (χ2v) is 8.23. The number of hydrogen-bond donors (Lipinski definition) is 2. The molecule has 2 heterocycles. The van der Waals surface area contributed by atoms with Gasteiger partial charge in [0.25, 0.3) is 0 Å². The summed E-state index contributed by atoms with van der Waals surface area (Å²) in [6.45, 7) is 5.49. The lowest BCUT2D eigenvalue weighted by Crippen LogP contribution is -2.43. The SMILES string of the molecule is CC(C)(O)[C@@H]1C[C@@](C)(c2ccc(F)c(-c3cncnc3)c2)N=C(N)S1. The molecule has 1 aliphatic heterocycles. The highest BCUT2D eigenvalue weighted by molar-refractivity contribution is 8.14.